The van der Waals surface area contributed by atoms with Crippen LogP contribution in [0.3, 0.4) is 0 Å². The Morgan fingerprint density at radius 1 is 1.17 bits per heavy atom. The van der Waals surface area contributed by atoms with Crippen LogP contribution in [0.15, 0.2) is 42.7 Å². The van der Waals surface area contributed by atoms with Crippen LogP contribution in [0.1, 0.15) is 27.9 Å². The third-order valence-electron chi connectivity index (χ3n) is 5.57. The van der Waals surface area contributed by atoms with Gasteiger partial charge in [0.2, 0.25) is 11.8 Å². The molecule has 0 bridgehead atoms. The van der Waals surface area contributed by atoms with Crippen LogP contribution in [-0.4, -0.2) is 69.6 Å². The zero-order valence-corrected chi connectivity index (χ0v) is 16.8. The maximum absolute atomic E-state index is 13.5. The number of halogens is 1. The Balaban J connectivity index is 1.48. The first kappa shape index (κ1) is 20.0. The fraction of sp³-hybridized carbons (Fsp3) is 0.364. The number of piperazine rings is 1. The van der Waals surface area contributed by atoms with Gasteiger partial charge in [0, 0.05) is 38.6 Å². The van der Waals surface area contributed by atoms with Gasteiger partial charge >= 0.3 is 0 Å². The number of rotatable bonds is 3. The number of pyridine rings is 1. The molecule has 0 N–H and O–H groups in total. The van der Waals surface area contributed by atoms with E-state index in [0.29, 0.717) is 37.2 Å². The molecular weight excluding hydrogens is 387 g/mol. The number of carbonyl (C=O) groups is 3. The number of benzene rings is 1. The second-order valence-electron chi connectivity index (χ2n) is 7.76. The highest BCUT2D eigenvalue weighted by atomic mass is 19.1. The lowest BCUT2D eigenvalue weighted by molar-refractivity contribution is -0.156. The molecule has 156 valence electrons. The number of carbonyl (C=O) groups excluding carboxylic acids is 3. The van der Waals surface area contributed by atoms with E-state index in [0.717, 1.165) is 5.56 Å². The SMILES string of the molecule is Cc1cncc(C(=O)N2CCC3C(=O)N(Cc4cccc(F)c4)CC(=O)N3CC2)c1. The monoisotopic (exact) mass is 410 g/mol. The van der Waals surface area contributed by atoms with Gasteiger partial charge in [-0.2, -0.15) is 0 Å². The first-order chi connectivity index (χ1) is 14.4. The van der Waals surface area contributed by atoms with Gasteiger partial charge in [-0.05, 0) is 42.7 Å². The Morgan fingerprint density at radius 3 is 2.77 bits per heavy atom. The number of nitrogens with zero attached hydrogens (tertiary/aromatic N) is 4. The molecule has 3 heterocycles. The Morgan fingerprint density at radius 2 is 2.00 bits per heavy atom. The van der Waals surface area contributed by atoms with Crippen LogP contribution in [0.4, 0.5) is 4.39 Å². The largest absolute Gasteiger partial charge is 0.337 e. The van der Waals surface area contributed by atoms with Gasteiger partial charge in [-0.3, -0.25) is 19.4 Å². The lowest BCUT2D eigenvalue weighted by Crippen LogP contribution is -2.59. The van der Waals surface area contributed by atoms with Crippen molar-refractivity contribution in [1.29, 1.82) is 0 Å². The Bertz CT molecular complexity index is 996. The van der Waals surface area contributed by atoms with Crippen molar-refractivity contribution in [1.82, 2.24) is 19.7 Å². The van der Waals surface area contributed by atoms with Gasteiger partial charge in [0.25, 0.3) is 5.91 Å². The second-order valence-corrected chi connectivity index (χ2v) is 7.76. The van der Waals surface area contributed by atoms with Crippen LogP contribution < -0.4 is 0 Å². The summed E-state index contributed by atoms with van der Waals surface area (Å²) in [7, 11) is 0. The Hall–Kier alpha value is -3.29. The molecule has 2 aliphatic rings. The molecule has 30 heavy (non-hydrogen) atoms. The number of hydrogen-bond acceptors (Lipinski definition) is 4. The smallest absolute Gasteiger partial charge is 0.255 e. The highest BCUT2D eigenvalue weighted by Crippen LogP contribution is 2.22. The number of hydrogen-bond donors (Lipinski definition) is 0. The average Bonchev–Trinajstić information content (AvgIpc) is 2.95. The predicted molar refractivity (Wildman–Crippen MR) is 107 cm³/mol. The molecule has 2 fully saturated rings. The van der Waals surface area contributed by atoms with Crippen LogP contribution in [0, 0.1) is 12.7 Å². The van der Waals surface area contributed by atoms with E-state index in [1.54, 1.807) is 34.2 Å². The van der Waals surface area contributed by atoms with Crippen LogP contribution in [0.2, 0.25) is 0 Å². The zero-order valence-electron chi connectivity index (χ0n) is 16.8. The molecule has 0 aliphatic carbocycles. The molecule has 7 nitrogen and oxygen atoms in total. The highest BCUT2D eigenvalue weighted by Gasteiger charge is 2.41. The summed E-state index contributed by atoms with van der Waals surface area (Å²) >= 11 is 0. The molecule has 2 aliphatic heterocycles. The minimum Gasteiger partial charge on any atom is -0.337 e. The van der Waals surface area contributed by atoms with Crippen molar-refractivity contribution in [2.75, 3.05) is 26.2 Å². The first-order valence-corrected chi connectivity index (χ1v) is 9.96. The summed E-state index contributed by atoms with van der Waals surface area (Å²) in [6.45, 7) is 3.07. The van der Waals surface area contributed by atoms with Crippen LogP contribution in [-0.2, 0) is 16.1 Å². The number of aromatic nitrogens is 1. The lowest BCUT2D eigenvalue weighted by atomic mass is 10.1. The quantitative estimate of drug-likeness (QED) is 0.771. The molecule has 1 atom stereocenters. The van der Waals surface area contributed by atoms with Crippen molar-refractivity contribution in [3.63, 3.8) is 0 Å². The minimum atomic E-state index is -0.603. The topological polar surface area (TPSA) is 73.8 Å². The van der Waals surface area contributed by atoms with Crippen LogP contribution in [0.25, 0.3) is 0 Å². The third-order valence-corrected chi connectivity index (χ3v) is 5.57. The van der Waals surface area contributed by atoms with Gasteiger partial charge in [-0.1, -0.05) is 12.1 Å². The lowest BCUT2D eigenvalue weighted by Gasteiger charge is -2.39. The van der Waals surface area contributed by atoms with Crippen molar-refractivity contribution in [2.24, 2.45) is 0 Å². The Labute approximate surface area is 174 Å². The van der Waals surface area contributed by atoms with Gasteiger partial charge in [0.1, 0.15) is 18.4 Å². The molecule has 0 saturated carbocycles. The maximum atomic E-state index is 13.5. The van der Waals surface area contributed by atoms with Crippen molar-refractivity contribution in [3.8, 4) is 0 Å². The average molecular weight is 410 g/mol. The zero-order chi connectivity index (χ0) is 21.3. The molecule has 2 aromatic rings. The van der Waals surface area contributed by atoms with E-state index in [1.165, 1.54) is 23.2 Å². The molecule has 4 rings (SSSR count). The van der Waals surface area contributed by atoms with E-state index < -0.39 is 6.04 Å². The van der Waals surface area contributed by atoms with Crippen molar-refractivity contribution >= 4 is 17.7 Å². The van der Waals surface area contributed by atoms with E-state index in [9.17, 15) is 18.8 Å². The molecule has 0 spiro atoms. The second kappa shape index (κ2) is 8.22. The Kier molecular flexibility index (Phi) is 5.48. The van der Waals surface area contributed by atoms with Crippen molar-refractivity contribution in [2.45, 2.75) is 25.9 Å². The first-order valence-electron chi connectivity index (χ1n) is 9.96. The molecule has 2 saturated heterocycles. The van der Waals surface area contributed by atoms with Crippen LogP contribution in [0.5, 0.6) is 0 Å². The van der Waals surface area contributed by atoms with Crippen LogP contribution >= 0.6 is 0 Å². The number of aryl methyl sites for hydroxylation is 1. The molecule has 0 radical (unpaired) electrons. The minimum absolute atomic E-state index is 0.0401. The van der Waals surface area contributed by atoms with Crippen molar-refractivity contribution < 1.29 is 18.8 Å². The number of amides is 3. The summed E-state index contributed by atoms with van der Waals surface area (Å²) in [5, 5.41) is 0. The predicted octanol–water partition coefficient (Wildman–Crippen LogP) is 1.61. The summed E-state index contributed by atoms with van der Waals surface area (Å²) < 4.78 is 13.5. The third kappa shape index (κ3) is 4.03. The van der Waals surface area contributed by atoms with Gasteiger partial charge in [0.15, 0.2) is 0 Å². The van der Waals surface area contributed by atoms with Gasteiger partial charge in [0.05, 0.1) is 5.56 Å². The van der Waals surface area contributed by atoms with E-state index >= 15 is 0 Å². The molecule has 1 aromatic heterocycles. The fourth-order valence-corrected chi connectivity index (χ4v) is 4.08. The summed E-state index contributed by atoms with van der Waals surface area (Å²) in [6, 6.07) is 7.21. The van der Waals surface area contributed by atoms with E-state index in [1.807, 2.05) is 6.92 Å². The summed E-state index contributed by atoms with van der Waals surface area (Å²) in [5.41, 5.74) is 2.04. The molecule has 1 aromatic carbocycles. The van der Waals surface area contributed by atoms with Gasteiger partial charge < -0.3 is 14.7 Å². The fourth-order valence-electron chi connectivity index (χ4n) is 4.08. The van der Waals surface area contributed by atoms with E-state index in [-0.39, 0.29) is 36.6 Å². The van der Waals surface area contributed by atoms with E-state index in [2.05, 4.69) is 4.98 Å². The van der Waals surface area contributed by atoms with Gasteiger partial charge in [-0.25, -0.2) is 4.39 Å². The normalized spacial score (nSPS) is 19.5. The molecule has 8 heteroatoms. The molecule has 1 unspecified atom stereocenters. The molecule has 3 amide bonds. The highest BCUT2D eigenvalue weighted by molar-refractivity contribution is 5.96. The number of fused-ring (bicyclic) bond motifs is 1. The van der Waals surface area contributed by atoms with E-state index in [4.69, 9.17) is 0 Å². The maximum Gasteiger partial charge on any atom is 0.255 e. The molecular formula is C22H23FN4O3. The summed E-state index contributed by atoms with van der Waals surface area (Å²) in [6.07, 6.45) is 3.59. The van der Waals surface area contributed by atoms with Gasteiger partial charge in [-0.15, -0.1) is 0 Å². The standard InChI is InChI=1S/C22H23FN4O3/c1-15-9-17(12-24-11-15)21(29)25-6-5-19-22(30)26(14-20(28)27(19)8-7-25)13-16-3-2-4-18(23)10-16/h2-4,9-12,19H,5-8,13-14H2,1H3. The summed E-state index contributed by atoms with van der Waals surface area (Å²) in [4.78, 5) is 47.5. The summed E-state index contributed by atoms with van der Waals surface area (Å²) in [5.74, 6) is -0.838. The van der Waals surface area contributed by atoms with Crippen molar-refractivity contribution in [3.05, 3.63) is 65.2 Å².